The highest BCUT2D eigenvalue weighted by atomic mass is 35.5. The maximum Gasteiger partial charge on any atom is 0.253 e. The van der Waals surface area contributed by atoms with Crippen molar-refractivity contribution >= 4 is 17.5 Å². The first kappa shape index (κ1) is 15.6. The van der Waals surface area contributed by atoms with Crippen LogP contribution < -0.4 is 5.32 Å². The van der Waals surface area contributed by atoms with Crippen molar-refractivity contribution in [3.63, 3.8) is 0 Å². The molecule has 0 spiro atoms. The van der Waals surface area contributed by atoms with Crippen LogP contribution in [0.1, 0.15) is 36.7 Å². The second kappa shape index (κ2) is 5.90. The molecule has 0 radical (unpaired) electrons. The number of benzene rings is 1. The van der Waals surface area contributed by atoms with E-state index in [4.69, 9.17) is 11.6 Å². The predicted octanol–water partition coefficient (Wildman–Crippen LogP) is 3.97. The molecule has 0 fully saturated rings. The van der Waals surface area contributed by atoms with Crippen LogP contribution in [0.3, 0.4) is 0 Å². The molecule has 0 aliphatic heterocycles. The Morgan fingerprint density at radius 2 is 2.05 bits per heavy atom. The second-order valence-electron chi connectivity index (χ2n) is 5.90. The highest BCUT2D eigenvalue weighted by molar-refractivity contribution is 6.31. The van der Waals surface area contributed by atoms with Gasteiger partial charge in [-0.1, -0.05) is 17.7 Å². The molecule has 1 amide bonds. The van der Waals surface area contributed by atoms with Gasteiger partial charge in [-0.05, 0) is 44.5 Å². The first-order valence-electron chi connectivity index (χ1n) is 6.68. The Hall–Kier alpha value is -1.81. The topological polar surface area (TPSA) is 34.0 Å². The molecule has 0 aliphatic rings. The lowest BCUT2D eigenvalue weighted by Gasteiger charge is -2.20. The molecular weight excluding hydrogens is 291 g/mol. The van der Waals surface area contributed by atoms with E-state index in [-0.39, 0.29) is 18.0 Å². The van der Waals surface area contributed by atoms with Crippen LogP contribution in [-0.4, -0.2) is 10.5 Å². The summed E-state index contributed by atoms with van der Waals surface area (Å²) in [6, 6.07) is 5.90. The standard InChI is InChI=1S/C16H18ClFN2O/c1-16(2,3)20-7-6-12(10-20)15(21)19-9-11-4-5-13(18)8-14(11)17/h4-8,10H,9H2,1-3H3,(H,19,21). The van der Waals surface area contributed by atoms with Crippen LogP contribution in [0.5, 0.6) is 0 Å². The van der Waals surface area contributed by atoms with Gasteiger partial charge in [0.25, 0.3) is 5.91 Å². The second-order valence-corrected chi connectivity index (χ2v) is 6.30. The summed E-state index contributed by atoms with van der Waals surface area (Å²) in [5, 5.41) is 3.09. The van der Waals surface area contributed by atoms with Crippen LogP contribution in [0, 0.1) is 5.82 Å². The number of nitrogens with zero attached hydrogens (tertiary/aromatic N) is 1. The molecule has 1 aromatic carbocycles. The van der Waals surface area contributed by atoms with E-state index in [0.717, 1.165) is 0 Å². The molecule has 0 aliphatic carbocycles. The Labute approximate surface area is 128 Å². The monoisotopic (exact) mass is 308 g/mol. The Morgan fingerprint density at radius 1 is 1.33 bits per heavy atom. The average Bonchev–Trinajstić information content (AvgIpc) is 2.87. The fourth-order valence-electron chi connectivity index (χ4n) is 1.89. The van der Waals surface area contributed by atoms with E-state index >= 15 is 0 Å². The van der Waals surface area contributed by atoms with Crippen LogP contribution in [0.15, 0.2) is 36.7 Å². The van der Waals surface area contributed by atoms with Crippen molar-refractivity contribution in [2.24, 2.45) is 0 Å². The number of halogens is 2. The Morgan fingerprint density at radius 3 is 2.62 bits per heavy atom. The van der Waals surface area contributed by atoms with E-state index in [1.54, 1.807) is 12.1 Å². The summed E-state index contributed by atoms with van der Waals surface area (Å²) in [7, 11) is 0. The van der Waals surface area contributed by atoms with Crippen molar-refractivity contribution in [1.82, 2.24) is 9.88 Å². The molecule has 1 aromatic heterocycles. The van der Waals surface area contributed by atoms with Gasteiger partial charge in [-0.15, -0.1) is 0 Å². The molecule has 0 saturated heterocycles. The maximum absolute atomic E-state index is 13.0. The van der Waals surface area contributed by atoms with E-state index in [1.807, 2.05) is 17.0 Å². The number of carbonyl (C=O) groups excluding carboxylic acids is 1. The molecule has 2 rings (SSSR count). The van der Waals surface area contributed by atoms with Crippen LogP contribution in [0.2, 0.25) is 5.02 Å². The SMILES string of the molecule is CC(C)(C)n1ccc(C(=O)NCc2ccc(F)cc2Cl)c1. The Kier molecular flexibility index (Phi) is 4.37. The first-order chi connectivity index (χ1) is 9.77. The number of carbonyl (C=O) groups is 1. The number of nitrogens with one attached hydrogen (secondary N) is 1. The molecule has 3 nitrogen and oxygen atoms in total. The smallest absolute Gasteiger partial charge is 0.253 e. The van der Waals surface area contributed by atoms with Crippen molar-refractivity contribution in [1.29, 1.82) is 0 Å². The van der Waals surface area contributed by atoms with Crippen molar-refractivity contribution in [3.8, 4) is 0 Å². The number of hydrogen-bond acceptors (Lipinski definition) is 1. The lowest BCUT2D eigenvalue weighted by molar-refractivity contribution is 0.0951. The number of amides is 1. The van der Waals surface area contributed by atoms with Gasteiger partial charge >= 0.3 is 0 Å². The summed E-state index contributed by atoms with van der Waals surface area (Å²) in [5.41, 5.74) is 1.20. The summed E-state index contributed by atoms with van der Waals surface area (Å²) in [6.07, 6.45) is 3.68. The molecule has 0 atom stereocenters. The lowest BCUT2D eigenvalue weighted by atomic mass is 10.1. The minimum absolute atomic E-state index is 0.0706. The molecule has 0 saturated carbocycles. The fraction of sp³-hybridized carbons (Fsp3) is 0.312. The summed E-state index contributed by atoms with van der Waals surface area (Å²) in [5.74, 6) is -0.573. The van der Waals surface area contributed by atoms with Crippen LogP contribution in [0.25, 0.3) is 0 Å². The zero-order valence-electron chi connectivity index (χ0n) is 12.3. The van der Waals surface area contributed by atoms with Gasteiger partial charge in [0, 0.05) is 29.5 Å². The van der Waals surface area contributed by atoms with E-state index in [9.17, 15) is 9.18 Å². The van der Waals surface area contributed by atoms with Gasteiger partial charge < -0.3 is 9.88 Å². The van der Waals surface area contributed by atoms with Crippen molar-refractivity contribution in [2.45, 2.75) is 32.9 Å². The van der Waals surface area contributed by atoms with E-state index in [1.165, 1.54) is 12.1 Å². The minimum Gasteiger partial charge on any atom is -0.348 e. The van der Waals surface area contributed by atoms with E-state index < -0.39 is 5.82 Å². The van der Waals surface area contributed by atoms with Crippen molar-refractivity contribution in [2.75, 3.05) is 0 Å². The summed E-state index contributed by atoms with van der Waals surface area (Å²) in [6.45, 7) is 6.45. The van der Waals surface area contributed by atoms with Gasteiger partial charge in [-0.25, -0.2) is 4.39 Å². The third-order valence-electron chi connectivity index (χ3n) is 3.18. The van der Waals surface area contributed by atoms with Gasteiger partial charge in [0.1, 0.15) is 5.82 Å². The van der Waals surface area contributed by atoms with Gasteiger partial charge in [0.05, 0.1) is 5.56 Å². The number of rotatable bonds is 3. The quantitative estimate of drug-likeness (QED) is 0.914. The van der Waals surface area contributed by atoms with Gasteiger partial charge in [-0.3, -0.25) is 4.79 Å². The Bertz CT molecular complexity index is 659. The van der Waals surface area contributed by atoms with Crippen LogP contribution in [0.4, 0.5) is 4.39 Å². The molecule has 0 unspecified atom stereocenters. The summed E-state index contributed by atoms with van der Waals surface area (Å²) < 4.78 is 14.9. The lowest BCUT2D eigenvalue weighted by Crippen LogP contribution is -2.23. The molecule has 112 valence electrons. The summed E-state index contributed by atoms with van der Waals surface area (Å²) in [4.78, 5) is 12.1. The Balaban J connectivity index is 2.03. The fourth-order valence-corrected chi connectivity index (χ4v) is 2.12. The largest absolute Gasteiger partial charge is 0.348 e. The molecule has 1 heterocycles. The van der Waals surface area contributed by atoms with E-state index in [2.05, 4.69) is 26.1 Å². The van der Waals surface area contributed by atoms with Gasteiger partial charge in [0.2, 0.25) is 0 Å². The zero-order chi connectivity index (χ0) is 15.6. The highest BCUT2D eigenvalue weighted by Gasteiger charge is 2.15. The number of hydrogen-bond donors (Lipinski definition) is 1. The molecular formula is C16H18ClFN2O. The third-order valence-corrected chi connectivity index (χ3v) is 3.54. The minimum atomic E-state index is -0.391. The van der Waals surface area contributed by atoms with Crippen molar-refractivity contribution < 1.29 is 9.18 Å². The van der Waals surface area contributed by atoms with Gasteiger partial charge in [-0.2, -0.15) is 0 Å². The predicted molar refractivity (Wildman–Crippen MR) is 82.0 cm³/mol. The molecule has 0 bridgehead atoms. The normalized spacial score (nSPS) is 11.5. The molecule has 1 N–H and O–H groups in total. The van der Waals surface area contributed by atoms with Gasteiger partial charge in [0.15, 0.2) is 0 Å². The van der Waals surface area contributed by atoms with Crippen molar-refractivity contribution in [3.05, 3.63) is 58.6 Å². The molecule has 21 heavy (non-hydrogen) atoms. The highest BCUT2D eigenvalue weighted by Crippen LogP contribution is 2.18. The molecule has 5 heteroatoms. The zero-order valence-corrected chi connectivity index (χ0v) is 13.0. The molecule has 2 aromatic rings. The first-order valence-corrected chi connectivity index (χ1v) is 7.06. The third kappa shape index (κ3) is 3.85. The average molecular weight is 309 g/mol. The maximum atomic E-state index is 13.0. The number of aromatic nitrogens is 1. The summed E-state index contributed by atoms with van der Waals surface area (Å²) >= 11 is 5.93. The van der Waals surface area contributed by atoms with Crippen LogP contribution in [-0.2, 0) is 12.1 Å². The van der Waals surface area contributed by atoms with E-state index in [0.29, 0.717) is 16.1 Å². The van der Waals surface area contributed by atoms with Crippen LogP contribution >= 0.6 is 11.6 Å².